The molecule has 0 aliphatic carbocycles. The summed E-state index contributed by atoms with van der Waals surface area (Å²) in [5.74, 6) is -0.143. The van der Waals surface area contributed by atoms with Crippen LogP contribution in [0.25, 0.3) is 0 Å². The lowest BCUT2D eigenvalue weighted by Crippen LogP contribution is -2.45. The second-order valence-corrected chi connectivity index (χ2v) is 10.7. The zero-order chi connectivity index (χ0) is 31.6. The third-order valence-electron chi connectivity index (χ3n) is 6.91. The molecule has 1 N–H and O–H groups in total. The fourth-order valence-electron chi connectivity index (χ4n) is 4.62. The van der Waals surface area contributed by atoms with Crippen molar-refractivity contribution < 1.29 is 33.7 Å². The number of nitro groups is 2. The van der Waals surface area contributed by atoms with Gasteiger partial charge in [0.25, 0.3) is 11.4 Å². The van der Waals surface area contributed by atoms with Crippen LogP contribution in [0.4, 0.5) is 21.0 Å². The second kappa shape index (κ2) is 14.9. The lowest BCUT2D eigenvalue weighted by Gasteiger charge is -2.26. The van der Waals surface area contributed by atoms with Gasteiger partial charge in [0, 0.05) is 55.2 Å². The molecule has 0 bridgehead atoms. The molecule has 2 aromatic rings. The van der Waals surface area contributed by atoms with E-state index in [0.29, 0.717) is 43.6 Å². The summed E-state index contributed by atoms with van der Waals surface area (Å²) in [6.45, 7) is 1.05. The Bertz CT molecular complexity index is 1440. The van der Waals surface area contributed by atoms with Crippen molar-refractivity contribution in [3.05, 3.63) is 79.9 Å². The van der Waals surface area contributed by atoms with Crippen molar-refractivity contribution in [1.29, 1.82) is 0 Å². The van der Waals surface area contributed by atoms with Crippen LogP contribution >= 0.6 is 12.6 Å². The number of carbonyl (C=O) groups excluding carboxylic acids is 3. The molecule has 2 aliphatic heterocycles. The third kappa shape index (κ3) is 8.97. The highest BCUT2D eigenvalue weighted by Gasteiger charge is 2.38. The van der Waals surface area contributed by atoms with Crippen molar-refractivity contribution in [3.8, 4) is 0 Å². The van der Waals surface area contributed by atoms with Crippen molar-refractivity contribution in [2.75, 3.05) is 19.6 Å². The van der Waals surface area contributed by atoms with Crippen LogP contribution in [0.1, 0.15) is 24.0 Å². The summed E-state index contributed by atoms with van der Waals surface area (Å²) in [5, 5.41) is 24.4. The summed E-state index contributed by atoms with van der Waals surface area (Å²) < 4.78 is 10.1. The van der Waals surface area contributed by atoms with E-state index in [1.54, 1.807) is 9.80 Å². The van der Waals surface area contributed by atoms with Crippen LogP contribution in [0.5, 0.6) is 0 Å². The highest BCUT2D eigenvalue weighted by atomic mass is 32.1. The fraction of sp³-hybridized carbons (Fsp3) is 0.370. The van der Waals surface area contributed by atoms with E-state index in [1.807, 2.05) is 0 Å². The highest BCUT2D eigenvalue weighted by molar-refractivity contribution is 7.81. The quantitative estimate of drug-likeness (QED) is 0.129. The maximum Gasteiger partial charge on any atom is 0.435 e. The molecule has 16 nitrogen and oxygen atoms in total. The maximum absolute atomic E-state index is 13.3. The Morgan fingerprint density at radius 3 is 2.00 bits per heavy atom. The van der Waals surface area contributed by atoms with Gasteiger partial charge >= 0.3 is 12.2 Å². The zero-order valence-electron chi connectivity index (χ0n) is 23.3. The minimum atomic E-state index is -0.867. The van der Waals surface area contributed by atoms with Gasteiger partial charge in [0.05, 0.1) is 22.5 Å². The van der Waals surface area contributed by atoms with E-state index in [0.717, 1.165) is 0 Å². The largest absolute Gasteiger partial charge is 0.443 e. The monoisotopic (exact) mass is 627 g/mol. The predicted octanol–water partition coefficient (Wildman–Crippen LogP) is 3.10. The lowest BCUT2D eigenvalue weighted by molar-refractivity contribution is -0.385. The summed E-state index contributed by atoms with van der Waals surface area (Å²) >= 11 is 4.50. The molecule has 2 aromatic carbocycles. The molecule has 2 aliphatic rings. The van der Waals surface area contributed by atoms with Crippen LogP contribution in [0.15, 0.2) is 58.5 Å². The van der Waals surface area contributed by atoms with E-state index in [2.05, 4.69) is 27.9 Å². The van der Waals surface area contributed by atoms with Crippen LogP contribution in [0, 0.1) is 20.2 Å². The van der Waals surface area contributed by atoms with E-state index in [-0.39, 0.29) is 41.8 Å². The average molecular weight is 628 g/mol. The highest BCUT2D eigenvalue weighted by Crippen LogP contribution is 2.24. The Hall–Kier alpha value is -5.06. The maximum atomic E-state index is 13.3. The smallest absolute Gasteiger partial charge is 0.435 e. The number of non-ortho nitro benzene ring substituents is 2. The normalized spacial score (nSPS) is 19.8. The van der Waals surface area contributed by atoms with Gasteiger partial charge in [-0.05, 0) is 48.2 Å². The van der Waals surface area contributed by atoms with Gasteiger partial charge in [-0.15, -0.1) is 0 Å². The topological polar surface area (TPSA) is 199 Å². The summed E-state index contributed by atoms with van der Waals surface area (Å²) in [5.41, 5.74) is 0.996. The number of thiol groups is 1. The number of nitro benzene ring substituents is 2. The minimum absolute atomic E-state index is 0.0657. The van der Waals surface area contributed by atoms with Gasteiger partial charge in [0.15, 0.2) is 0 Å². The minimum Gasteiger partial charge on any atom is -0.443 e. The molecule has 2 heterocycles. The molecule has 2 fully saturated rings. The van der Waals surface area contributed by atoms with E-state index in [9.17, 15) is 34.6 Å². The van der Waals surface area contributed by atoms with Crippen LogP contribution in [0.3, 0.4) is 0 Å². The molecule has 3 atom stereocenters. The van der Waals surface area contributed by atoms with Crippen molar-refractivity contribution in [2.24, 2.45) is 9.98 Å². The molecule has 0 spiro atoms. The molecule has 0 aromatic heterocycles. The molecule has 3 amide bonds. The van der Waals surface area contributed by atoms with Gasteiger partial charge in [-0.3, -0.25) is 25.0 Å². The molecule has 0 radical (unpaired) electrons. The zero-order valence-corrected chi connectivity index (χ0v) is 24.2. The first kappa shape index (κ1) is 31.9. The van der Waals surface area contributed by atoms with Crippen LogP contribution < -0.4 is 5.32 Å². The van der Waals surface area contributed by atoms with E-state index >= 15 is 0 Å². The van der Waals surface area contributed by atoms with Crippen molar-refractivity contribution in [1.82, 2.24) is 15.1 Å². The molecule has 44 heavy (non-hydrogen) atoms. The Balaban J connectivity index is 1.20. The Labute approximate surface area is 256 Å². The first-order valence-corrected chi connectivity index (χ1v) is 14.0. The van der Waals surface area contributed by atoms with Crippen molar-refractivity contribution in [3.63, 3.8) is 0 Å². The number of benzene rings is 2. The van der Waals surface area contributed by atoms with Gasteiger partial charge < -0.3 is 24.6 Å². The van der Waals surface area contributed by atoms with Gasteiger partial charge in [-0.1, -0.05) is 0 Å². The van der Waals surface area contributed by atoms with Gasteiger partial charge in [0.2, 0.25) is 5.91 Å². The number of amides is 3. The van der Waals surface area contributed by atoms with E-state index < -0.39 is 28.1 Å². The summed E-state index contributed by atoms with van der Waals surface area (Å²) in [6.07, 6.45) is 1.87. The van der Waals surface area contributed by atoms with Gasteiger partial charge in [-0.2, -0.15) is 22.6 Å². The summed E-state index contributed by atoms with van der Waals surface area (Å²) in [7, 11) is 0. The number of aliphatic imine (C=N–C) groups is 2. The number of rotatable bonds is 10. The molecular weight excluding hydrogens is 598 g/mol. The average Bonchev–Trinajstić information content (AvgIpc) is 3.64. The molecule has 4 rings (SSSR count). The number of nitrogens with one attached hydrogen (secondary N) is 1. The third-order valence-corrected chi connectivity index (χ3v) is 7.29. The molecule has 0 saturated carbocycles. The number of nitrogens with zero attached hydrogens (tertiary/aromatic N) is 6. The summed E-state index contributed by atoms with van der Waals surface area (Å²) in [4.78, 5) is 68.6. The standard InChI is InChI=1S/C27H29N7O9S/c35-25(24-11-23(44)13-32(24)17-30-27(37)43-15-19-3-7-22(8-4-19)34(40)41)31-10-9-20(12-31)28-16-29-26(36)42-14-18-1-5-21(6-2-18)33(38)39/h1-8,16-17,20,23-24,44H,9-15H2,(H,28,29,36)/t20-,23-,24-/m0/s1. The Morgan fingerprint density at radius 2 is 1.45 bits per heavy atom. The number of hydrogen-bond acceptors (Lipinski definition) is 10. The molecular formula is C27H29N7O9S. The first-order valence-electron chi connectivity index (χ1n) is 13.4. The Kier molecular flexibility index (Phi) is 10.8. The molecule has 17 heteroatoms. The van der Waals surface area contributed by atoms with Gasteiger partial charge in [-0.25, -0.2) is 9.59 Å². The van der Waals surface area contributed by atoms with Crippen LogP contribution in [0.2, 0.25) is 0 Å². The number of likely N-dealkylation sites (tertiary alicyclic amines) is 2. The molecule has 0 unspecified atom stereocenters. The lowest BCUT2D eigenvalue weighted by atomic mass is 10.2. The Morgan fingerprint density at radius 1 is 0.909 bits per heavy atom. The number of ether oxygens (including phenoxy) is 2. The predicted molar refractivity (Wildman–Crippen MR) is 160 cm³/mol. The SMILES string of the molecule is O=C(N=CN[C@H]1CCN(C(=O)[C@@H]2C[C@H](S)CN2C=NC(=O)OCc2ccc([N+](=O)[O-])cc2)C1)OCc1ccc([N+](=O)[O-])cc1. The van der Waals surface area contributed by atoms with E-state index in [4.69, 9.17) is 9.47 Å². The van der Waals surface area contributed by atoms with Crippen LogP contribution in [-0.4, -0.2) is 87.4 Å². The molecule has 2 saturated heterocycles. The summed E-state index contributed by atoms with van der Waals surface area (Å²) in [6, 6.07) is 10.5. The second-order valence-electron chi connectivity index (χ2n) is 10.00. The number of hydrogen-bond donors (Lipinski definition) is 2. The number of carbonyl (C=O) groups is 3. The fourth-order valence-corrected chi connectivity index (χ4v) is 5.01. The first-order chi connectivity index (χ1) is 21.1. The van der Waals surface area contributed by atoms with E-state index in [1.165, 1.54) is 61.2 Å². The van der Waals surface area contributed by atoms with Crippen molar-refractivity contribution in [2.45, 2.75) is 43.4 Å². The van der Waals surface area contributed by atoms with Gasteiger partial charge in [0.1, 0.15) is 19.3 Å². The van der Waals surface area contributed by atoms with Crippen LogP contribution in [-0.2, 0) is 27.5 Å². The van der Waals surface area contributed by atoms with Crippen molar-refractivity contribution >= 4 is 54.8 Å². The molecule has 232 valence electrons.